The number of ether oxygens (including phenoxy) is 2. The van der Waals surface area contributed by atoms with E-state index in [0.717, 1.165) is 0 Å². The number of esters is 1. The molecule has 228 valence electrons. The van der Waals surface area contributed by atoms with E-state index in [-0.39, 0.29) is 41.4 Å². The predicted molar refractivity (Wildman–Crippen MR) is 147 cm³/mol. The van der Waals surface area contributed by atoms with Crippen molar-refractivity contribution in [2.24, 2.45) is 0 Å². The Kier molecular flexibility index (Phi) is 7.01. The zero-order valence-corrected chi connectivity index (χ0v) is 23.8. The van der Waals surface area contributed by atoms with Gasteiger partial charge < -0.3 is 24.0 Å². The summed E-state index contributed by atoms with van der Waals surface area (Å²) in [7, 11) is 1.62. The Labute approximate surface area is 248 Å². The molecular weight excluding hydrogens is 583 g/mol. The van der Waals surface area contributed by atoms with Gasteiger partial charge in [-0.05, 0) is 32.0 Å². The van der Waals surface area contributed by atoms with Crippen molar-refractivity contribution in [2.75, 3.05) is 7.05 Å². The molecule has 11 nitrogen and oxygen atoms in total. The van der Waals surface area contributed by atoms with Gasteiger partial charge in [0.2, 0.25) is 0 Å². The van der Waals surface area contributed by atoms with Crippen LogP contribution in [0.15, 0.2) is 42.7 Å². The molecule has 0 aliphatic carbocycles. The fraction of sp³-hybridized carbons (Fsp3) is 0.333. The summed E-state index contributed by atoms with van der Waals surface area (Å²) < 4.78 is 54.3. The number of imidazole rings is 1. The number of aliphatic carboxylic acids is 1. The van der Waals surface area contributed by atoms with E-state index >= 15 is 4.39 Å². The Morgan fingerprint density at radius 3 is 2.52 bits per heavy atom. The van der Waals surface area contributed by atoms with Crippen molar-refractivity contribution < 1.29 is 42.1 Å². The second-order valence-electron chi connectivity index (χ2n) is 11.1. The fourth-order valence-corrected chi connectivity index (χ4v) is 5.89. The summed E-state index contributed by atoms with van der Waals surface area (Å²) in [5, 5.41) is 8.79. The van der Waals surface area contributed by atoms with Crippen molar-refractivity contribution in [2.45, 2.75) is 57.4 Å². The topological polar surface area (TPSA) is 137 Å². The van der Waals surface area contributed by atoms with Gasteiger partial charge in [0.25, 0.3) is 5.91 Å². The number of benzene rings is 2. The Hall–Kier alpha value is -5.01. The van der Waals surface area contributed by atoms with Crippen LogP contribution < -0.4 is 4.74 Å². The van der Waals surface area contributed by atoms with Crippen molar-refractivity contribution in [1.29, 1.82) is 0 Å². The molecule has 4 aromatic rings. The first-order valence-corrected chi connectivity index (χ1v) is 13.7. The molecule has 0 radical (unpaired) electrons. The van der Waals surface area contributed by atoms with Crippen molar-refractivity contribution in [1.82, 2.24) is 24.4 Å². The summed E-state index contributed by atoms with van der Waals surface area (Å²) in [6.45, 7) is 0.000173. The summed E-state index contributed by atoms with van der Waals surface area (Å²) in [5.41, 5.74) is 0.550. The van der Waals surface area contributed by atoms with Crippen LogP contribution in [0.1, 0.15) is 72.8 Å². The summed E-state index contributed by atoms with van der Waals surface area (Å²) in [6.07, 6.45) is 2.42. The maximum Gasteiger partial charge on any atom is 0.387 e. The highest BCUT2D eigenvalue weighted by atomic mass is 19.3. The third-order valence-electron chi connectivity index (χ3n) is 7.91. The van der Waals surface area contributed by atoms with Gasteiger partial charge in [-0.25, -0.2) is 19.3 Å². The summed E-state index contributed by atoms with van der Waals surface area (Å²) in [5.74, 6) is -2.32. The molecule has 6 rings (SSSR count). The third kappa shape index (κ3) is 4.89. The van der Waals surface area contributed by atoms with Crippen LogP contribution in [0.3, 0.4) is 0 Å². The van der Waals surface area contributed by atoms with Crippen LogP contribution in [0, 0.1) is 5.82 Å². The molecule has 1 N–H and O–H groups in total. The van der Waals surface area contributed by atoms with Crippen molar-refractivity contribution in [3.63, 3.8) is 0 Å². The lowest BCUT2D eigenvalue weighted by Crippen LogP contribution is -2.30. The van der Waals surface area contributed by atoms with E-state index < -0.39 is 42.1 Å². The van der Waals surface area contributed by atoms with Gasteiger partial charge in [0.05, 0.1) is 36.0 Å². The van der Waals surface area contributed by atoms with Gasteiger partial charge in [-0.2, -0.15) is 8.78 Å². The average molecular weight is 610 g/mol. The van der Waals surface area contributed by atoms with Gasteiger partial charge in [-0.1, -0.05) is 6.07 Å². The molecule has 1 amide bonds. The number of amides is 1. The summed E-state index contributed by atoms with van der Waals surface area (Å²) in [4.78, 5) is 50.9. The van der Waals surface area contributed by atoms with Crippen LogP contribution >= 0.6 is 0 Å². The van der Waals surface area contributed by atoms with E-state index in [1.807, 2.05) is 4.57 Å². The minimum absolute atomic E-state index is 0.114. The average Bonchev–Trinajstić information content (AvgIpc) is 3.48. The van der Waals surface area contributed by atoms with Gasteiger partial charge in [-0.3, -0.25) is 14.4 Å². The SMILES string of the molecule is CN1C(=O)c2cccc(OC(F)F)c2[C@H]2C[C@@H]1c1nc3cc(F)c(-c4cnc(C(C)(C)OC(=O)CCC(=O)O)nc4)cc3n12. The predicted octanol–water partition coefficient (Wildman–Crippen LogP) is 5.00. The number of halogens is 3. The standard InChI is InChI=1S/C30H26F3N5O6/c1-30(2,44-24(41)8-7-23(39)40)28-34-12-14(13-35-28)16-9-19-18(10-17(16)31)36-26-21-11-20(38(19)26)25-15(27(42)37(21)3)5-4-6-22(25)43-29(32)33/h4-6,9-10,12-13,20-21,29H,7-8,11H2,1-3H3,(H,39,40)/t20-,21-/m1/s1. The number of hydrogen-bond donors (Lipinski definition) is 1. The van der Waals surface area contributed by atoms with Crippen molar-refractivity contribution in [3.8, 4) is 16.9 Å². The molecule has 0 saturated carbocycles. The molecular formula is C30H26F3N5O6. The van der Waals surface area contributed by atoms with E-state index in [1.165, 1.54) is 35.5 Å². The number of carboxylic acids is 1. The molecule has 14 heteroatoms. The Bertz CT molecular complexity index is 1820. The van der Waals surface area contributed by atoms with Crippen LogP contribution in [0.25, 0.3) is 22.2 Å². The summed E-state index contributed by atoms with van der Waals surface area (Å²) in [6, 6.07) is 6.21. The highest BCUT2D eigenvalue weighted by Crippen LogP contribution is 2.50. The van der Waals surface area contributed by atoms with Gasteiger partial charge in [0, 0.05) is 54.2 Å². The molecule has 2 aliphatic rings. The Morgan fingerprint density at radius 1 is 1.11 bits per heavy atom. The number of hydrogen-bond acceptors (Lipinski definition) is 8. The first-order chi connectivity index (χ1) is 20.9. The summed E-state index contributed by atoms with van der Waals surface area (Å²) >= 11 is 0. The van der Waals surface area contributed by atoms with Crippen LogP contribution in [0.2, 0.25) is 0 Å². The van der Waals surface area contributed by atoms with E-state index in [9.17, 15) is 23.2 Å². The molecule has 2 bridgehead atoms. The van der Waals surface area contributed by atoms with Crippen molar-refractivity contribution >= 4 is 28.9 Å². The van der Waals surface area contributed by atoms with Crippen LogP contribution in [-0.2, 0) is 19.9 Å². The van der Waals surface area contributed by atoms with Crippen LogP contribution in [0.4, 0.5) is 13.2 Å². The van der Waals surface area contributed by atoms with E-state index in [1.54, 1.807) is 33.0 Å². The molecule has 0 fully saturated rings. The molecule has 2 aromatic heterocycles. The Morgan fingerprint density at radius 2 is 1.84 bits per heavy atom. The molecule has 0 spiro atoms. The number of carboxylic acid groups (broad SMARTS) is 1. The second kappa shape index (κ2) is 10.6. The van der Waals surface area contributed by atoms with E-state index in [2.05, 4.69) is 15.0 Å². The van der Waals surface area contributed by atoms with Crippen molar-refractivity contribution in [3.05, 3.63) is 71.3 Å². The molecule has 4 heterocycles. The quantitative estimate of drug-likeness (QED) is 0.274. The minimum Gasteiger partial charge on any atom is -0.481 e. The molecule has 2 aromatic carbocycles. The number of nitrogens with zero attached hydrogens (tertiary/aromatic N) is 5. The monoisotopic (exact) mass is 609 g/mol. The number of carbonyl (C=O) groups excluding carboxylic acids is 2. The number of carbonyl (C=O) groups is 3. The number of rotatable bonds is 8. The first kappa shape index (κ1) is 29.1. The molecule has 44 heavy (non-hydrogen) atoms. The minimum atomic E-state index is -3.10. The van der Waals surface area contributed by atoms with Gasteiger partial charge in [-0.15, -0.1) is 0 Å². The number of fused-ring (bicyclic) bond motifs is 9. The third-order valence-corrected chi connectivity index (χ3v) is 7.91. The zero-order chi connectivity index (χ0) is 31.5. The lowest BCUT2D eigenvalue weighted by atomic mass is 9.97. The van der Waals surface area contributed by atoms with Crippen LogP contribution in [-0.4, -0.2) is 61.0 Å². The highest BCUT2D eigenvalue weighted by molar-refractivity contribution is 5.98. The second-order valence-corrected chi connectivity index (χ2v) is 11.1. The molecule has 2 atom stereocenters. The smallest absolute Gasteiger partial charge is 0.387 e. The lowest BCUT2D eigenvalue weighted by molar-refractivity contribution is -0.160. The molecule has 0 unspecified atom stereocenters. The number of aromatic nitrogens is 4. The maximum absolute atomic E-state index is 15.5. The molecule has 0 saturated heterocycles. The molecule has 2 aliphatic heterocycles. The van der Waals surface area contributed by atoms with Gasteiger partial charge in [0.1, 0.15) is 17.4 Å². The van der Waals surface area contributed by atoms with Crippen LogP contribution in [0.5, 0.6) is 5.75 Å². The maximum atomic E-state index is 15.5. The number of alkyl halides is 2. The normalized spacial score (nSPS) is 17.4. The lowest BCUT2D eigenvalue weighted by Gasteiger charge is -2.24. The van der Waals surface area contributed by atoms with E-state index in [0.29, 0.717) is 34.4 Å². The largest absolute Gasteiger partial charge is 0.481 e. The zero-order valence-electron chi connectivity index (χ0n) is 23.8. The van der Waals surface area contributed by atoms with Gasteiger partial charge in [0.15, 0.2) is 11.4 Å². The first-order valence-electron chi connectivity index (χ1n) is 13.7. The van der Waals surface area contributed by atoms with E-state index in [4.69, 9.17) is 14.6 Å². The fourth-order valence-electron chi connectivity index (χ4n) is 5.89. The Balaban J connectivity index is 1.39. The van der Waals surface area contributed by atoms with Gasteiger partial charge >= 0.3 is 18.6 Å². The highest BCUT2D eigenvalue weighted by Gasteiger charge is 2.45.